The summed E-state index contributed by atoms with van der Waals surface area (Å²) in [6.45, 7) is -1.01. The summed E-state index contributed by atoms with van der Waals surface area (Å²) in [7, 11) is 0. The van der Waals surface area contributed by atoms with E-state index >= 15 is 0 Å². The third-order valence-electron chi connectivity index (χ3n) is 3.42. The van der Waals surface area contributed by atoms with Crippen molar-refractivity contribution in [1.82, 2.24) is 10.6 Å². The molecular weight excluding hydrogens is 313 g/mol. The van der Waals surface area contributed by atoms with Gasteiger partial charge < -0.3 is 16.0 Å². The lowest BCUT2D eigenvalue weighted by atomic mass is 10.00. The van der Waals surface area contributed by atoms with E-state index in [0.717, 1.165) is 24.1 Å². The van der Waals surface area contributed by atoms with Gasteiger partial charge in [-0.15, -0.1) is 0 Å². The van der Waals surface area contributed by atoms with Crippen LogP contribution in [0.15, 0.2) is 18.2 Å². The predicted octanol–water partition coefficient (Wildman–Crippen LogP) is 1.41. The number of carbonyl (C=O) groups excluding carboxylic acids is 2. The van der Waals surface area contributed by atoms with Gasteiger partial charge in [0.15, 0.2) is 0 Å². The number of urea groups is 1. The second kappa shape index (κ2) is 6.76. The fourth-order valence-electron chi connectivity index (χ4n) is 2.46. The molecule has 23 heavy (non-hydrogen) atoms. The highest BCUT2D eigenvalue weighted by Gasteiger charge is 2.28. The molecule has 1 aromatic carbocycles. The van der Waals surface area contributed by atoms with Gasteiger partial charge in [0.1, 0.15) is 6.54 Å². The van der Waals surface area contributed by atoms with Crippen molar-refractivity contribution in [2.45, 2.75) is 19.0 Å². The zero-order valence-corrected chi connectivity index (χ0v) is 12.2. The largest absolute Gasteiger partial charge is 0.405 e. The summed E-state index contributed by atoms with van der Waals surface area (Å²) in [5, 5.41) is 3.47. The molecule has 0 aromatic heterocycles. The molecule has 3 amide bonds. The van der Waals surface area contributed by atoms with Gasteiger partial charge in [0.25, 0.3) is 0 Å². The van der Waals surface area contributed by atoms with Gasteiger partial charge in [-0.25, -0.2) is 4.79 Å². The molecule has 2 rings (SSSR count). The van der Waals surface area contributed by atoms with Crippen LogP contribution in [0.25, 0.3) is 0 Å². The number of nitrogens with two attached hydrogens (primary N) is 1. The number of hydrogen-bond donors (Lipinski definition) is 3. The third-order valence-corrected chi connectivity index (χ3v) is 3.42. The maximum Gasteiger partial charge on any atom is 0.405 e. The molecule has 126 valence electrons. The van der Waals surface area contributed by atoms with E-state index in [1.54, 1.807) is 22.3 Å². The Bertz CT molecular complexity index is 604. The van der Waals surface area contributed by atoms with Crippen LogP contribution in [0.2, 0.25) is 0 Å². The number of nitrogens with zero attached hydrogens (tertiary/aromatic N) is 1. The number of amides is 3. The topological polar surface area (TPSA) is 87.5 Å². The average molecular weight is 330 g/mol. The lowest BCUT2D eigenvalue weighted by Gasteiger charge is -2.31. The molecule has 1 aliphatic rings. The molecule has 0 fully saturated rings. The van der Waals surface area contributed by atoms with Crippen LogP contribution in [0.4, 0.5) is 29.3 Å². The minimum Gasteiger partial charge on any atom is -0.398 e. The minimum absolute atomic E-state index is 0.129. The van der Waals surface area contributed by atoms with E-state index < -0.39 is 24.7 Å². The van der Waals surface area contributed by atoms with Crippen molar-refractivity contribution in [2.75, 3.05) is 30.3 Å². The summed E-state index contributed by atoms with van der Waals surface area (Å²) < 4.78 is 35.9. The Morgan fingerprint density at radius 3 is 2.74 bits per heavy atom. The van der Waals surface area contributed by atoms with Gasteiger partial charge in [-0.05, 0) is 30.5 Å². The van der Waals surface area contributed by atoms with E-state index in [-0.39, 0.29) is 6.54 Å². The first-order valence-corrected chi connectivity index (χ1v) is 7.03. The number of rotatable bonds is 3. The van der Waals surface area contributed by atoms with Gasteiger partial charge in [0.2, 0.25) is 5.91 Å². The predicted molar refractivity (Wildman–Crippen MR) is 79.0 cm³/mol. The number of alkyl halides is 3. The van der Waals surface area contributed by atoms with Crippen molar-refractivity contribution in [1.29, 1.82) is 0 Å². The number of imide groups is 1. The molecule has 0 bridgehead atoms. The average Bonchev–Trinajstić information content (AvgIpc) is 2.45. The second-order valence-corrected chi connectivity index (χ2v) is 5.22. The van der Waals surface area contributed by atoms with Gasteiger partial charge in [0, 0.05) is 17.9 Å². The first kappa shape index (κ1) is 16.9. The fraction of sp³-hybridized carbons (Fsp3) is 0.429. The van der Waals surface area contributed by atoms with Crippen LogP contribution in [0.3, 0.4) is 0 Å². The highest BCUT2D eigenvalue weighted by atomic mass is 19.4. The number of anilines is 2. The van der Waals surface area contributed by atoms with E-state index in [1.165, 1.54) is 0 Å². The standard InChI is InChI=1S/C14H17F3N4O2/c15-14(16,17)8-19-13(23)20-12(22)7-21-6-2-3-9-10(18)4-1-5-11(9)21/h1,4-5H,2-3,6-8,18H2,(H2,19,20,22,23). The number of benzene rings is 1. The number of hydrogen-bond acceptors (Lipinski definition) is 4. The first-order chi connectivity index (χ1) is 10.8. The van der Waals surface area contributed by atoms with Crippen molar-refractivity contribution in [3.63, 3.8) is 0 Å². The molecular formula is C14H17F3N4O2. The molecule has 6 nitrogen and oxygen atoms in total. The summed E-state index contributed by atoms with van der Waals surface area (Å²) in [5.74, 6) is -0.681. The molecule has 0 aliphatic carbocycles. The Morgan fingerprint density at radius 2 is 2.04 bits per heavy atom. The summed E-state index contributed by atoms with van der Waals surface area (Å²) >= 11 is 0. The van der Waals surface area contributed by atoms with Crippen LogP contribution in [-0.2, 0) is 11.2 Å². The first-order valence-electron chi connectivity index (χ1n) is 7.03. The summed E-state index contributed by atoms with van der Waals surface area (Å²) in [5.41, 5.74) is 8.28. The van der Waals surface area contributed by atoms with Crippen LogP contribution in [0.1, 0.15) is 12.0 Å². The Morgan fingerprint density at radius 1 is 1.30 bits per heavy atom. The van der Waals surface area contributed by atoms with Crippen molar-refractivity contribution in [3.05, 3.63) is 23.8 Å². The lowest BCUT2D eigenvalue weighted by molar-refractivity contribution is -0.124. The van der Waals surface area contributed by atoms with Crippen LogP contribution in [-0.4, -0.2) is 37.7 Å². The Hall–Kier alpha value is -2.45. The number of nitrogens with one attached hydrogen (secondary N) is 2. The van der Waals surface area contributed by atoms with Crippen molar-refractivity contribution >= 4 is 23.3 Å². The number of halogens is 3. The molecule has 0 saturated carbocycles. The van der Waals surface area contributed by atoms with Crippen LogP contribution < -0.4 is 21.3 Å². The summed E-state index contributed by atoms with van der Waals surface area (Å²) in [6.07, 6.45) is -2.93. The normalized spacial score (nSPS) is 14.1. The number of nitrogen functional groups attached to an aromatic ring is 1. The zero-order chi connectivity index (χ0) is 17.0. The summed E-state index contributed by atoms with van der Waals surface area (Å²) in [4.78, 5) is 24.8. The molecule has 4 N–H and O–H groups in total. The van der Waals surface area contributed by atoms with Gasteiger partial charge in [-0.3, -0.25) is 10.1 Å². The Balaban J connectivity index is 1.92. The fourth-order valence-corrected chi connectivity index (χ4v) is 2.46. The smallest absolute Gasteiger partial charge is 0.398 e. The molecule has 0 atom stereocenters. The molecule has 0 saturated heterocycles. The van der Waals surface area contributed by atoms with E-state index in [4.69, 9.17) is 5.73 Å². The minimum atomic E-state index is -4.52. The third kappa shape index (κ3) is 4.76. The molecule has 1 aromatic rings. The van der Waals surface area contributed by atoms with E-state index in [1.807, 2.05) is 11.4 Å². The van der Waals surface area contributed by atoms with Crippen molar-refractivity contribution < 1.29 is 22.8 Å². The second-order valence-electron chi connectivity index (χ2n) is 5.22. The maximum absolute atomic E-state index is 12.0. The van der Waals surface area contributed by atoms with Crippen molar-refractivity contribution in [2.24, 2.45) is 0 Å². The molecule has 0 radical (unpaired) electrons. The van der Waals surface area contributed by atoms with E-state index in [0.29, 0.717) is 12.2 Å². The van der Waals surface area contributed by atoms with Crippen molar-refractivity contribution in [3.8, 4) is 0 Å². The number of carbonyl (C=O) groups is 2. The van der Waals surface area contributed by atoms with Gasteiger partial charge in [-0.2, -0.15) is 13.2 Å². The molecule has 0 unspecified atom stereocenters. The Kier molecular flexibility index (Phi) is 4.97. The van der Waals surface area contributed by atoms with Gasteiger partial charge in [-0.1, -0.05) is 6.07 Å². The molecule has 1 aliphatic heterocycles. The van der Waals surface area contributed by atoms with Gasteiger partial charge >= 0.3 is 12.2 Å². The highest BCUT2D eigenvalue weighted by Crippen LogP contribution is 2.30. The zero-order valence-electron chi connectivity index (χ0n) is 12.2. The molecule has 0 spiro atoms. The molecule has 9 heteroatoms. The lowest BCUT2D eigenvalue weighted by Crippen LogP contribution is -2.47. The SMILES string of the molecule is Nc1cccc2c1CCCN2CC(=O)NC(=O)NCC(F)(F)F. The van der Waals surface area contributed by atoms with Gasteiger partial charge in [0.05, 0.1) is 6.54 Å². The van der Waals surface area contributed by atoms with Crippen LogP contribution >= 0.6 is 0 Å². The highest BCUT2D eigenvalue weighted by molar-refractivity contribution is 5.96. The Labute approximate surface area is 130 Å². The van der Waals surface area contributed by atoms with Crippen LogP contribution in [0, 0.1) is 0 Å². The number of fused-ring (bicyclic) bond motifs is 1. The van der Waals surface area contributed by atoms with E-state index in [9.17, 15) is 22.8 Å². The summed E-state index contributed by atoms with van der Waals surface area (Å²) in [6, 6.07) is 4.19. The van der Waals surface area contributed by atoms with E-state index in [2.05, 4.69) is 0 Å². The quantitative estimate of drug-likeness (QED) is 0.731. The monoisotopic (exact) mass is 330 g/mol. The van der Waals surface area contributed by atoms with Crippen LogP contribution in [0.5, 0.6) is 0 Å². The maximum atomic E-state index is 12.0. The molecule has 1 heterocycles.